The van der Waals surface area contributed by atoms with Gasteiger partial charge in [0.15, 0.2) is 11.0 Å². The Labute approximate surface area is 199 Å². The van der Waals surface area contributed by atoms with Crippen LogP contribution in [0.2, 0.25) is 5.15 Å². The number of rotatable bonds is 4. The van der Waals surface area contributed by atoms with Crippen molar-refractivity contribution in [3.05, 3.63) is 68.6 Å². The van der Waals surface area contributed by atoms with Gasteiger partial charge < -0.3 is 15.2 Å². The van der Waals surface area contributed by atoms with Gasteiger partial charge in [-0.15, -0.1) is 0 Å². The van der Waals surface area contributed by atoms with Gasteiger partial charge in [0.2, 0.25) is 0 Å². The molecule has 1 fully saturated rings. The molecule has 4 aromatic rings. The van der Waals surface area contributed by atoms with Gasteiger partial charge >= 0.3 is 0 Å². The number of carbonyl (C=O) groups is 1. The first kappa shape index (κ1) is 22.3. The SMILES string of the molecule is CNC(=O)c1ccc(N2CCN(Cc3ccc4c([nH]c(=O)c5cc(Cl)nn54)c3F)CC2)c(C)n1. The van der Waals surface area contributed by atoms with Gasteiger partial charge in [0.25, 0.3) is 11.5 Å². The highest BCUT2D eigenvalue weighted by atomic mass is 35.5. The Kier molecular flexibility index (Phi) is 5.70. The summed E-state index contributed by atoms with van der Waals surface area (Å²) in [5, 5.41) is 6.86. The van der Waals surface area contributed by atoms with Crippen LogP contribution in [-0.4, -0.2) is 63.6 Å². The van der Waals surface area contributed by atoms with Gasteiger partial charge in [-0.3, -0.25) is 14.5 Å². The predicted octanol–water partition coefficient (Wildman–Crippen LogP) is 2.35. The molecule has 0 saturated carbocycles. The molecule has 0 spiro atoms. The average molecular weight is 484 g/mol. The molecule has 1 amide bonds. The number of pyridine rings is 1. The molecule has 5 rings (SSSR count). The second kappa shape index (κ2) is 8.69. The van der Waals surface area contributed by atoms with Crippen molar-refractivity contribution in [3.63, 3.8) is 0 Å². The summed E-state index contributed by atoms with van der Waals surface area (Å²) in [6, 6.07) is 8.57. The van der Waals surface area contributed by atoms with Crippen LogP contribution in [0.15, 0.2) is 35.1 Å². The highest BCUT2D eigenvalue weighted by molar-refractivity contribution is 6.29. The molecule has 4 heterocycles. The number of aromatic amines is 1. The van der Waals surface area contributed by atoms with Gasteiger partial charge in [-0.25, -0.2) is 13.9 Å². The zero-order chi connectivity index (χ0) is 24.0. The summed E-state index contributed by atoms with van der Waals surface area (Å²) in [6.07, 6.45) is 0. The third-order valence-electron chi connectivity index (χ3n) is 6.20. The largest absolute Gasteiger partial charge is 0.368 e. The number of aryl methyl sites for hydroxylation is 1. The summed E-state index contributed by atoms with van der Waals surface area (Å²) in [5.41, 5.74) is 3.08. The van der Waals surface area contributed by atoms with Crippen molar-refractivity contribution in [3.8, 4) is 0 Å². The molecular weight excluding hydrogens is 461 g/mol. The van der Waals surface area contributed by atoms with Gasteiger partial charge in [0, 0.05) is 51.4 Å². The summed E-state index contributed by atoms with van der Waals surface area (Å²) in [7, 11) is 1.58. The highest BCUT2D eigenvalue weighted by Crippen LogP contribution is 2.24. The van der Waals surface area contributed by atoms with Crippen LogP contribution in [-0.2, 0) is 6.54 Å². The Morgan fingerprint density at radius 2 is 1.94 bits per heavy atom. The van der Waals surface area contributed by atoms with E-state index in [0.29, 0.717) is 23.3 Å². The Morgan fingerprint density at radius 3 is 2.65 bits per heavy atom. The number of H-pyrrole nitrogens is 1. The quantitative estimate of drug-likeness (QED) is 0.462. The van der Waals surface area contributed by atoms with E-state index in [1.54, 1.807) is 25.2 Å². The molecule has 0 radical (unpaired) electrons. The fourth-order valence-electron chi connectivity index (χ4n) is 4.43. The standard InChI is InChI=1S/C23H23ClFN7O2/c1-13-16(6-4-15(27-13)22(33)26-2)31-9-7-30(8-10-31)12-14-3-5-17-21(20(14)25)28-23(34)18-11-19(24)29-32(17)18/h3-6,11H,7-10,12H2,1-2H3,(H,26,33)(H,28,34). The van der Waals surface area contributed by atoms with Crippen molar-refractivity contribution in [1.82, 2.24) is 29.8 Å². The first-order valence-electron chi connectivity index (χ1n) is 10.9. The summed E-state index contributed by atoms with van der Waals surface area (Å²) in [5.74, 6) is -0.676. The monoisotopic (exact) mass is 483 g/mol. The van der Waals surface area contributed by atoms with E-state index in [-0.39, 0.29) is 22.1 Å². The second-order valence-electron chi connectivity index (χ2n) is 8.29. The van der Waals surface area contributed by atoms with E-state index in [0.717, 1.165) is 37.6 Å². The van der Waals surface area contributed by atoms with Crippen LogP contribution in [0.3, 0.4) is 0 Å². The predicted molar refractivity (Wildman–Crippen MR) is 128 cm³/mol. The van der Waals surface area contributed by atoms with E-state index < -0.39 is 11.4 Å². The average Bonchev–Trinajstić information content (AvgIpc) is 3.24. The number of benzene rings is 1. The maximum atomic E-state index is 15.3. The number of hydrogen-bond acceptors (Lipinski definition) is 6. The Morgan fingerprint density at radius 1 is 1.18 bits per heavy atom. The lowest BCUT2D eigenvalue weighted by molar-refractivity contribution is 0.0958. The van der Waals surface area contributed by atoms with Gasteiger partial charge in [0.05, 0.1) is 16.9 Å². The van der Waals surface area contributed by atoms with E-state index in [1.165, 1.54) is 10.6 Å². The maximum absolute atomic E-state index is 15.3. The van der Waals surface area contributed by atoms with Crippen LogP contribution in [0.25, 0.3) is 16.6 Å². The van der Waals surface area contributed by atoms with E-state index in [9.17, 15) is 9.59 Å². The summed E-state index contributed by atoms with van der Waals surface area (Å²) >= 11 is 5.94. The van der Waals surface area contributed by atoms with Crippen molar-refractivity contribution in [2.45, 2.75) is 13.5 Å². The molecular formula is C23H23ClFN7O2. The van der Waals surface area contributed by atoms with Crippen molar-refractivity contribution in [2.24, 2.45) is 0 Å². The van der Waals surface area contributed by atoms with Crippen LogP contribution in [0, 0.1) is 12.7 Å². The molecule has 11 heteroatoms. The number of carbonyl (C=O) groups excluding carboxylic acids is 1. The zero-order valence-corrected chi connectivity index (χ0v) is 19.5. The molecule has 0 bridgehead atoms. The number of halogens is 2. The second-order valence-corrected chi connectivity index (χ2v) is 8.68. The topological polar surface area (TPSA) is 98.6 Å². The first-order chi connectivity index (χ1) is 16.4. The lowest BCUT2D eigenvalue weighted by Crippen LogP contribution is -2.46. The molecule has 3 aromatic heterocycles. The number of piperazine rings is 1. The minimum atomic E-state index is -0.463. The van der Waals surface area contributed by atoms with Gasteiger partial charge in [0.1, 0.15) is 16.7 Å². The smallest absolute Gasteiger partial charge is 0.274 e. The lowest BCUT2D eigenvalue weighted by atomic mass is 10.1. The summed E-state index contributed by atoms with van der Waals surface area (Å²) < 4.78 is 16.7. The Bertz CT molecular complexity index is 1470. The fraction of sp³-hybridized carbons (Fsp3) is 0.304. The van der Waals surface area contributed by atoms with Crippen molar-refractivity contribution >= 4 is 39.7 Å². The number of nitrogens with zero attached hydrogens (tertiary/aromatic N) is 5. The van der Waals surface area contributed by atoms with Gasteiger partial charge in [-0.2, -0.15) is 5.10 Å². The molecule has 9 nitrogen and oxygen atoms in total. The molecule has 2 N–H and O–H groups in total. The number of aromatic nitrogens is 4. The highest BCUT2D eigenvalue weighted by Gasteiger charge is 2.22. The Hall–Kier alpha value is -3.50. The van der Waals surface area contributed by atoms with Crippen LogP contribution in [0.4, 0.5) is 10.1 Å². The molecule has 0 aliphatic carbocycles. The zero-order valence-electron chi connectivity index (χ0n) is 18.7. The number of nitrogens with one attached hydrogen (secondary N) is 2. The normalized spacial score (nSPS) is 14.8. The molecule has 1 aliphatic heterocycles. The number of anilines is 1. The van der Waals surface area contributed by atoms with Gasteiger partial charge in [-0.05, 0) is 25.1 Å². The third-order valence-corrected chi connectivity index (χ3v) is 6.39. The maximum Gasteiger partial charge on any atom is 0.274 e. The molecule has 0 atom stereocenters. The minimum absolute atomic E-state index is 0.117. The van der Waals surface area contributed by atoms with E-state index in [4.69, 9.17) is 11.6 Å². The van der Waals surface area contributed by atoms with Crippen LogP contribution < -0.4 is 15.8 Å². The van der Waals surface area contributed by atoms with E-state index >= 15 is 4.39 Å². The fourth-order valence-corrected chi connectivity index (χ4v) is 4.61. The van der Waals surface area contributed by atoms with Crippen molar-refractivity contribution in [1.29, 1.82) is 0 Å². The Balaban J connectivity index is 1.32. The number of amides is 1. The lowest BCUT2D eigenvalue weighted by Gasteiger charge is -2.36. The molecule has 0 unspecified atom stereocenters. The van der Waals surface area contributed by atoms with Crippen LogP contribution >= 0.6 is 11.6 Å². The third kappa shape index (κ3) is 3.88. The van der Waals surface area contributed by atoms with Crippen molar-refractivity contribution in [2.75, 3.05) is 38.1 Å². The van der Waals surface area contributed by atoms with Crippen LogP contribution in [0.5, 0.6) is 0 Å². The van der Waals surface area contributed by atoms with Gasteiger partial charge in [-0.1, -0.05) is 17.7 Å². The number of fused-ring (bicyclic) bond motifs is 3. The van der Waals surface area contributed by atoms with Crippen molar-refractivity contribution < 1.29 is 9.18 Å². The molecule has 34 heavy (non-hydrogen) atoms. The van der Waals surface area contributed by atoms with Crippen LogP contribution in [0.1, 0.15) is 21.7 Å². The minimum Gasteiger partial charge on any atom is -0.368 e. The van der Waals surface area contributed by atoms with E-state index in [1.807, 2.05) is 13.0 Å². The first-order valence-corrected chi connectivity index (χ1v) is 11.3. The molecule has 1 saturated heterocycles. The number of hydrogen-bond donors (Lipinski definition) is 2. The van der Waals surface area contributed by atoms with E-state index in [2.05, 4.69) is 30.2 Å². The molecule has 1 aliphatic rings. The summed E-state index contributed by atoms with van der Waals surface area (Å²) in [4.78, 5) is 35.6. The summed E-state index contributed by atoms with van der Waals surface area (Å²) in [6.45, 7) is 5.28. The molecule has 176 valence electrons. The molecule has 1 aromatic carbocycles.